The summed E-state index contributed by atoms with van der Waals surface area (Å²) in [5.41, 5.74) is 6.52. The summed E-state index contributed by atoms with van der Waals surface area (Å²) in [6, 6.07) is 15.4. The standard InChI is InChI=1S/C17H18FNO2/c1-21-16(20)17(12-19,11-13-5-3-2-4-6-13)14-7-9-15(18)10-8-14/h2-10H,11-12,19H2,1H3. The monoisotopic (exact) mass is 287 g/mol. The fourth-order valence-corrected chi connectivity index (χ4v) is 2.47. The van der Waals surface area contributed by atoms with E-state index in [9.17, 15) is 9.18 Å². The maximum atomic E-state index is 13.1. The van der Waals surface area contributed by atoms with Crippen LogP contribution in [0.5, 0.6) is 0 Å². The second-order valence-corrected chi connectivity index (χ2v) is 4.95. The number of hydrogen-bond donors (Lipinski definition) is 1. The van der Waals surface area contributed by atoms with Crippen LogP contribution in [0.3, 0.4) is 0 Å². The molecule has 0 spiro atoms. The number of carbonyl (C=O) groups is 1. The van der Waals surface area contributed by atoms with E-state index in [1.165, 1.54) is 19.2 Å². The highest BCUT2D eigenvalue weighted by molar-refractivity contribution is 5.84. The summed E-state index contributed by atoms with van der Waals surface area (Å²) in [5, 5.41) is 0. The van der Waals surface area contributed by atoms with Gasteiger partial charge in [-0.25, -0.2) is 4.39 Å². The second-order valence-electron chi connectivity index (χ2n) is 4.95. The van der Waals surface area contributed by atoms with Crippen molar-refractivity contribution in [1.82, 2.24) is 0 Å². The predicted octanol–water partition coefficient (Wildman–Crippen LogP) is 2.44. The van der Waals surface area contributed by atoms with Gasteiger partial charge >= 0.3 is 5.97 Å². The number of methoxy groups -OCH3 is 1. The Morgan fingerprint density at radius 1 is 1.14 bits per heavy atom. The summed E-state index contributed by atoms with van der Waals surface area (Å²) in [5.74, 6) is -0.769. The first-order valence-electron chi connectivity index (χ1n) is 6.71. The molecular weight excluding hydrogens is 269 g/mol. The van der Waals surface area contributed by atoms with Crippen LogP contribution in [0, 0.1) is 5.82 Å². The van der Waals surface area contributed by atoms with Crippen molar-refractivity contribution in [2.45, 2.75) is 11.8 Å². The Morgan fingerprint density at radius 3 is 2.29 bits per heavy atom. The Balaban J connectivity index is 2.47. The molecule has 2 N–H and O–H groups in total. The zero-order chi connectivity index (χ0) is 15.3. The lowest BCUT2D eigenvalue weighted by molar-refractivity contribution is -0.147. The van der Waals surface area contributed by atoms with E-state index < -0.39 is 11.4 Å². The quantitative estimate of drug-likeness (QED) is 0.859. The largest absolute Gasteiger partial charge is 0.468 e. The topological polar surface area (TPSA) is 52.3 Å². The van der Waals surface area contributed by atoms with Gasteiger partial charge in [0.1, 0.15) is 11.2 Å². The number of ether oxygens (including phenoxy) is 1. The van der Waals surface area contributed by atoms with Crippen LogP contribution in [0.1, 0.15) is 11.1 Å². The molecule has 2 aromatic carbocycles. The summed E-state index contributed by atoms with van der Waals surface area (Å²) < 4.78 is 18.1. The van der Waals surface area contributed by atoms with Crippen molar-refractivity contribution in [3.63, 3.8) is 0 Å². The molecule has 0 bridgehead atoms. The van der Waals surface area contributed by atoms with Gasteiger partial charge in [-0.15, -0.1) is 0 Å². The van der Waals surface area contributed by atoms with Crippen molar-refractivity contribution >= 4 is 5.97 Å². The molecule has 21 heavy (non-hydrogen) atoms. The van der Waals surface area contributed by atoms with Crippen LogP contribution < -0.4 is 5.73 Å². The number of nitrogens with two attached hydrogens (primary N) is 1. The highest BCUT2D eigenvalue weighted by Crippen LogP contribution is 2.29. The third-order valence-corrected chi connectivity index (χ3v) is 3.67. The Labute approximate surface area is 123 Å². The number of rotatable bonds is 5. The van der Waals surface area contributed by atoms with E-state index in [0.717, 1.165) is 5.56 Å². The molecule has 0 fully saturated rings. The Hall–Kier alpha value is -2.20. The lowest BCUT2D eigenvalue weighted by atomic mass is 9.75. The van der Waals surface area contributed by atoms with Gasteiger partial charge in [0.25, 0.3) is 0 Å². The van der Waals surface area contributed by atoms with Gasteiger partial charge in [-0.1, -0.05) is 42.5 Å². The number of halogens is 1. The number of hydrogen-bond acceptors (Lipinski definition) is 3. The maximum absolute atomic E-state index is 13.1. The molecule has 1 unspecified atom stereocenters. The summed E-state index contributed by atoms with van der Waals surface area (Å²) in [7, 11) is 1.33. The molecule has 2 rings (SSSR count). The summed E-state index contributed by atoms with van der Waals surface area (Å²) in [6.07, 6.45) is 0.405. The van der Waals surface area contributed by atoms with Crippen LogP contribution in [0.25, 0.3) is 0 Å². The van der Waals surface area contributed by atoms with E-state index in [1.54, 1.807) is 12.1 Å². The molecule has 0 aliphatic rings. The van der Waals surface area contributed by atoms with Crippen LogP contribution in [0.15, 0.2) is 54.6 Å². The van der Waals surface area contributed by atoms with E-state index in [2.05, 4.69) is 0 Å². The minimum absolute atomic E-state index is 0.0835. The van der Waals surface area contributed by atoms with Crippen molar-refractivity contribution < 1.29 is 13.9 Å². The average Bonchev–Trinajstić information content (AvgIpc) is 2.54. The van der Waals surface area contributed by atoms with Gasteiger partial charge in [-0.2, -0.15) is 0 Å². The Morgan fingerprint density at radius 2 is 1.76 bits per heavy atom. The van der Waals surface area contributed by atoms with Crippen molar-refractivity contribution in [1.29, 1.82) is 0 Å². The van der Waals surface area contributed by atoms with Gasteiger partial charge in [0.2, 0.25) is 0 Å². The number of carbonyl (C=O) groups excluding carboxylic acids is 1. The molecule has 3 nitrogen and oxygen atoms in total. The molecule has 0 aromatic heterocycles. The third-order valence-electron chi connectivity index (χ3n) is 3.67. The molecule has 2 aromatic rings. The van der Waals surface area contributed by atoms with Crippen LogP contribution in [-0.2, 0) is 21.4 Å². The number of benzene rings is 2. The maximum Gasteiger partial charge on any atom is 0.317 e. The van der Waals surface area contributed by atoms with Gasteiger partial charge in [-0.05, 0) is 29.7 Å². The summed E-state index contributed by atoms with van der Waals surface area (Å²) >= 11 is 0. The molecular formula is C17H18FNO2. The van der Waals surface area contributed by atoms with E-state index >= 15 is 0 Å². The third kappa shape index (κ3) is 3.11. The zero-order valence-corrected chi connectivity index (χ0v) is 11.9. The molecule has 0 saturated carbocycles. The molecule has 0 aliphatic carbocycles. The van der Waals surface area contributed by atoms with E-state index in [4.69, 9.17) is 10.5 Å². The zero-order valence-electron chi connectivity index (χ0n) is 11.9. The molecule has 0 aliphatic heterocycles. The first-order valence-corrected chi connectivity index (χ1v) is 6.71. The first-order chi connectivity index (χ1) is 10.1. The molecule has 1 atom stereocenters. The molecule has 0 saturated heterocycles. The highest BCUT2D eigenvalue weighted by atomic mass is 19.1. The average molecular weight is 287 g/mol. The van der Waals surface area contributed by atoms with E-state index in [0.29, 0.717) is 12.0 Å². The van der Waals surface area contributed by atoms with Gasteiger partial charge in [0.15, 0.2) is 0 Å². The molecule has 110 valence electrons. The van der Waals surface area contributed by atoms with E-state index in [-0.39, 0.29) is 12.4 Å². The Kier molecular flexibility index (Phi) is 4.70. The minimum Gasteiger partial charge on any atom is -0.468 e. The van der Waals surface area contributed by atoms with Crippen molar-refractivity contribution in [3.8, 4) is 0 Å². The summed E-state index contributed by atoms with van der Waals surface area (Å²) in [4.78, 5) is 12.4. The van der Waals surface area contributed by atoms with Gasteiger partial charge in [0.05, 0.1) is 7.11 Å². The molecule has 0 amide bonds. The van der Waals surface area contributed by atoms with Crippen molar-refractivity contribution in [3.05, 3.63) is 71.5 Å². The highest BCUT2D eigenvalue weighted by Gasteiger charge is 2.40. The van der Waals surface area contributed by atoms with Crippen LogP contribution >= 0.6 is 0 Å². The second kappa shape index (κ2) is 6.50. The Bertz CT molecular complexity index is 598. The fraction of sp³-hybridized carbons (Fsp3) is 0.235. The SMILES string of the molecule is COC(=O)C(CN)(Cc1ccccc1)c1ccc(F)cc1. The minimum atomic E-state index is -1.01. The fourth-order valence-electron chi connectivity index (χ4n) is 2.47. The van der Waals surface area contributed by atoms with E-state index in [1.807, 2.05) is 30.3 Å². The summed E-state index contributed by atoms with van der Waals surface area (Å²) in [6.45, 7) is 0.0835. The smallest absolute Gasteiger partial charge is 0.317 e. The van der Waals surface area contributed by atoms with Crippen LogP contribution in [-0.4, -0.2) is 19.6 Å². The van der Waals surface area contributed by atoms with Gasteiger partial charge in [0, 0.05) is 6.54 Å². The van der Waals surface area contributed by atoms with Crippen molar-refractivity contribution in [2.75, 3.05) is 13.7 Å². The normalized spacial score (nSPS) is 13.5. The lowest BCUT2D eigenvalue weighted by Crippen LogP contribution is -2.45. The van der Waals surface area contributed by atoms with Crippen LogP contribution in [0.4, 0.5) is 4.39 Å². The first kappa shape index (κ1) is 15.2. The number of esters is 1. The molecule has 0 radical (unpaired) electrons. The molecule has 0 heterocycles. The van der Waals surface area contributed by atoms with Gasteiger partial charge < -0.3 is 10.5 Å². The lowest BCUT2D eigenvalue weighted by Gasteiger charge is -2.30. The van der Waals surface area contributed by atoms with Crippen molar-refractivity contribution in [2.24, 2.45) is 5.73 Å². The van der Waals surface area contributed by atoms with Crippen LogP contribution in [0.2, 0.25) is 0 Å². The predicted molar refractivity (Wildman–Crippen MR) is 79.3 cm³/mol. The van der Waals surface area contributed by atoms with Gasteiger partial charge in [-0.3, -0.25) is 4.79 Å². The molecule has 4 heteroatoms.